The van der Waals surface area contributed by atoms with Gasteiger partial charge in [-0.05, 0) is 49.4 Å². The Hall–Kier alpha value is -3.37. The number of benzene rings is 1. The van der Waals surface area contributed by atoms with Gasteiger partial charge in [0.1, 0.15) is 17.0 Å². The molecule has 7 nitrogen and oxygen atoms in total. The van der Waals surface area contributed by atoms with E-state index >= 15 is 0 Å². The van der Waals surface area contributed by atoms with Gasteiger partial charge in [-0.25, -0.2) is 4.98 Å². The highest BCUT2D eigenvalue weighted by Crippen LogP contribution is 2.24. The summed E-state index contributed by atoms with van der Waals surface area (Å²) in [7, 11) is 1.82. The van der Waals surface area contributed by atoms with Crippen molar-refractivity contribution in [1.82, 2.24) is 14.8 Å². The summed E-state index contributed by atoms with van der Waals surface area (Å²) >= 11 is 5.83. The number of phenols is 1. The number of phenolic OH excluding ortho intramolecular Hbond substituents is 1. The first-order chi connectivity index (χ1) is 14.0. The fraction of sp³-hybridized carbons (Fsp3) is 0.238. The fourth-order valence-corrected chi connectivity index (χ4v) is 3.31. The van der Waals surface area contributed by atoms with Crippen LogP contribution in [-0.2, 0) is 19.9 Å². The Kier molecular flexibility index (Phi) is 6.47. The van der Waals surface area contributed by atoms with E-state index in [0.29, 0.717) is 22.0 Å². The summed E-state index contributed by atoms with van der Waals surface area (Å²) < 4.78 is 1.68. The van der Waals surface area contributed by atoms with E-state index in [2.05, 4.69) is 21.5 Å². The molecular weight excluding hydrogens is 388 g/mol. The van der Waals surface area contributed by atoms with Crippen LogP contribution in [0.3, 0.4) is 0 Å². The Bertz CT molecular complexity index is 1070. The fourth-order valence-electron chi connectivity index (χ4n) is 3.11. The first kappa shape index (κ1) is 20.4. The smallest absolute Gasteiger partial charge is 0.147 e. The predicted octanol–water partition coefficient (Wildman–Crippen LogP) is 4.35. The second-order valence-electron chi connectivity index (χ2n) is 6.70. The van der Waals surface area contributed by atoms with Gasteiger partial charge in [-0.1, -0.05) is 11.6 Å². The highest BCUT2D eigenvalue weighted by molar-refractivity contribution is 6.30. The molecule has 1 aromatic carbocycles. The number of nitriles is 1. The minimum Gasteiger partial charge on any atom is -0.508 e. The maximum absolute atomic E-state index is 9.38. The minimum absolute atomic E-state index is 0.164. The van der Waals surface area contributed by atoms with Crippen molar-refractivity contribution in [2.75, 3.05) is 5.32 Å². The zero-order valence-electron chi connectivity index (χ0n) is 16.0. The van der Waals surface area contributed by atoms with Gasteiger partial charge in [0.15, 0.2) is 0 Å². The van der Waals surface area contributed by atoms with Gasteiger partial charge in [0.2, 0.25) is 0 Å². The van der Waals surface area contributed by atoms with Crippen LogP contribution in [0, 0.1) is 16.7 Å². The predicted molar refractivity (Wildman–Crippen MR) is 113 cm³/mol. The Morgan fingerprint density at radius 1 is 1.31 bits per heavy atom. The maximum atomic E-state index is 9.38. The number of nitrogens with one attached hydrogen (secondary N) is 2. The van der Waals surface area contributed by atoms with Crippen LogP contribution in [0.5, 0.6) is 5.75 Å². The van der Waals surface area contributed by atoms with Gasteiger partial charge in [0.25, 0.3) is 0 Å². The van der Waals surface area contributed by atoms with Crippen LogP contribution in [0.2, 0.25) is 5.15 Å². The molecule has 0 radical (unpaired) electrons. The molecule has 0 fully saturated rings. The number of fused-ring (bicyclic) bond motifs is 1. The normalized spacial score (nSPS) is 12.2. The summed E-state index contributed by atoms with van der Waals surface area (Å²) in [6.45, 7) is 0. The first-order valence-corrected chi connectivity index (χ1v) is 9.55. The number of anilines is 2. The maximum Gasteiger partial charge on any atom is 0.147 e. The largest absolute Gasteiger partial charge is 0.508 e. The van der Waals surface area contributed by atoms with Gasteiger partial charge in [-0.3, -0.25) is 4.68 Å². The van der Waals surface area contributed by atoms with E-state index in [-0.39, 0.29) is 5.75 Å². The lowest BCUT2D eigenvalue weighted by Crippen LogP contribution is -2.06. The average Bonchev–Trinajstić information content (AvgIpc) is 3.13. The molecule has 148 valence electrons. The van der Waals surface area contributed by atoms with Crippen LogP contribution in [0.15, 0.2) is 36.7 Å². The van der Waals surface area contributed by atoms with E-state index in [0.717, 1.165) is 24.2 Å². The monoisotopic (exact) mass is 408 g/mol. The molecule has 0 saturated heterocycles. The molecule has 2 aromatic heterocycles. The van der Waals surface area contributed by atoms with Crippen LogP contribution in [0.1, 0.15) is 35.2 Å². The molecule has 1 aliphatic rings. The molecule has 4 rings (SSSR count). The summed E-state index contributed by atoms with van der Waals surface area (Å²) in [5.41, 5.74) is 4.99. The zero-order chi connectivity index (χ0) is 20.8. The highest BCUT2D eigenvalue weighted by Gasteiger charge is 2.13. The van der Waals surface area contributed by atoms with Crippen LogP contribution < -0.4 is 5.32 Å². The number of halogens is 1. The van der Waals surface area contributed by atoms with Crippen LogP contribution in [0.4, 0.5) is 11.4 Å². The SMILES string of the molecule is Cn1cc(Nc2cc(O)ccc2C=N)cn1.N#Cc1cc2c(nc1Cl)CCCC2. The third-order valence-corrected chi connectivity index (χ3v) is 4.84. The molecule has 0 amide bonds. The van der Waals surface area contributed by atoms with Crippen LogP contribution in [-0.4, -0.2) is 26.1 Å². The van der Waals surface area contributed by atoms with Crippen molar-refractivity contribution in [3.63, 3.8) is 0 Å². The number of aromatic hydroxyl groups is 1. The number of hydrogen-bond donors (Lipinski definition) is 3. The standard InChI is InChI=1S/C11H12N4O.C10H9ClN2/c1-15-7-9(6-13-15)14-11-4-10(16)3-2-8(11)5-12;11-10-8(6-12)5-7-3-1-2-4-9(7)13-10/h2-7,12,14,16H,1H3;5H,1-4H2. The Morgan fingerprint density at radius 2 is 2.10 bits per heavy atom. The second kappa shape index (κ2) is 9.22. The molecule has 3 aromatic rings. The second-order valence-corrected chi connectivity index (χ2v) is 7.05. The van der Waals surface area contributed by atoms with Crippen LogP contribution >= 0.6 is 11.6 Å². The number of aromatic nitrogens is 3. The molecule has 3 N–H and O–H groups in total. The van der Waals surface area contributed by atoms with Gasteiger partial charge in [0, 0.05) is 36.8 Å². The summed E-state index contributed by atoms with van der Waals surface area (Å²) in [6, 6.07) is 8.74. The topological polar surface area (TPSA) is 111 Å². The Balaban J connectivity index is 0.000000169. The van der Waals surface area contributed by atoms with E-state index in [9.17, 15) is 5.11 Å². The lowest BCUT2D eigenvalue weighted by molar-refractivity contribution is 0.475. The molecule has 29 heavy (non-hydrogen) atoms. The molecule has 2 heterocycles. The molecule has 0 saturated carbocycles. The first-order valence-electron chi connectivity index (χ1n) is 9.17. The number of pyridine rings is 1. The summed E-state index contributed by atoms with van der Waals surface area (Å²) in [6.07, 6.45) is 9.14. The molecule has 0 aliphatic heterocycles. The minimum atomic E-state index is 0.164. The summed E-state index contributed by atoms with van der Waals surface area (Å²) in [5.74, 6) is 0.164. The summed E-state index contributed by atoms with van der Waals surface area (Å²) in [4.78, 5) is 4.23. The highest BCUT2D eigenvalue weighted by atomic mass is 35.5. The third-order valence-electron chi connectivity index (χ3n) is 4.55. The lowest BCUT2D eigenvalue weighted by atomic mass is 9.95. The van der Waals surface area contributed by atoms with E-state index in [1.165, 1.54) is 24.6 Å². The molecule has 0 atom stereocenters. The van der Waals surface area contributed by atoms with Crippen molar-refractivity contribution in [3.05, 3.63) is 64.2 Å². The van der Waals surface area contributed by atoms with Crippen molar-refractivity contribution in [2.45, 2.75) is 25.7 Å². The molecule has 0 spiro atoms. The Morgan fingerprint density at radius 3 is 2.79 bits per heavy atom. The average molecular weight is 409 g/mol. The van der Waals surface area contributed by atoms with Crippen molar-refractivity contribution >= 4 is 29.2 Å². The molecular formula is C21H21ClN6O. The molecule has 8 heteroatoms. The van der Waals surface area contributed by atoms with E-state index in [1.54, 1.807) is 29.1 Å². The quantitative estimate of drug-likeness (QED) is 0.440. The van der Waals surface area contributed by atoms with Crippen molar-refractivity contribution < 1.29 is 5.11 Å². The van der Waals surface area contributed by atoms with Gasteiger partial charge in [-0.15, -0.1) is 0 Å². The number of aryl methyl sites for hydroxylation is 3. The van der Waals surface area contributed by atoms with Gasteiger partial charge in [-0.2, -0.15) is 10.4 Å². The van der Waals surface area contributed by atoms with Crippen molar-refractivity contribution in [1.29, 1.82) is 10.7 Å². The molecule has 0 bridgehead atoms. The van der Waals surface area contributed by atoms with Crippen molar-refractivity contribution in [3.8, 4) is 11.8 Å². The number of rotatable bonds is 3. The lowest BCUT2D eigenvalue weighted by Gasteiger charge is -2.14. The molecule has 1 aliphatic carbocycles. The molecule has 0 unspecified atom stereocenters. The van der Waals surface area contributed by atoms with E-state index < -0.39 is 0 Å². The van der Waals surface area contributed by atoms with Gasteiger partial charge >= 0.3 is 0 Å². The van der Waals surface area contributed by atoms with E-state index in [4.69, 9.17) is 22.3 Å². The van der Waals surface area contributed by atoms with Gasteiger partial charge in [0.05, 0.1) is 23.1 Å². The summed E-state index contributed by atoms with van der Waals surface area (Å²) in [5, 5.41) is 32.9. The van der Waals surface area contributed by atoms with Crippen LogP contribution in [0.25, 0.3) is 0 Å². The van der Waals surface area contributed by atoms with Crippen molar-refractivity contribution in [2.24, 2.45) is 7.05 Å². The number of nitrogens with zero attached hydrogens (tertiary/aromatic N) is 4. The zero-order valence-corrected chi connectivity index (χ0v) is 16.7. The van der Waals surface area contributed by atoms with E-state index in [1.807, 2.05) is 19.3 Å². The third kappa shape index (κ3) is 5.12. The number of hydrogen-bond acceptors (Lipinski definition) is 6. The van der Waals surface area contributed by atoms with Gasteiger partial charge < -0.3 is 15.8 Å². The Labute approximate surface area is 174 Å².